The second kappa shape index (κ2) is 9.82. The molecule has 158 valence electrons. The number of benzene rings is 2. The highest BCUT2D eigenvalue weighted by molar-refractivity contribution is 6.00. The van der Waals surface area contributed by atoms with Gasteiger partial charge in [-0.25, -0.2) is 4.79 Å². The summed E-state index contributed by atoms with van der Waals surface area (Å²) in [5.74, 6) is 1.06. The van der Waals surface area contributed by atoms with E-state index in [1.165, 1.54) is 20.3 Å². The van der Waals surface area contributed by atoms with Gasteiger partial charge < -0.3 is 23.7 Å². The van der Waals surface area contributed by atoms with Gasteiger partial charge in [-0.05, 0) is 36.8 Å². The lowest BCUT2D eigenvalue weighted by molar-refractivity contribution is 0.0474. The first kappa shape index (κ1) is 21.2. The Kier molecular flexibility index (Phi) is 6.95. The van der Waals surface area contributed by atoms with Crippen LogP contribution < -0.4 is 18.9 Å². The highest BCUT2D eigenvalue weighted by atomic mass is 16.5. The van der Waals surface area contributed by atoms with E-state index < -0.39 is 12.6 Å². The molecule has 0 spiro atoms. The lowest BCUT2D eigenvalue weighted by Crippen LogP contribution is -2.15. The normalized spacial score (nSPS) is 12.5. The average molecular weight is 412 g/mol. The topological polar surface area (TPSA) is 80.3 Å². The summed E-state index contributed by atoms with van der Waals surface area (Å²) in [4.78, 5) is 25.1. The number of methoxy groups -OCH3 is 2. The van der Waals surface area contributed by atoms with Crippen molar-refractivity contribution in [1.29, 1.82) is 0 Å². The van der Waals surface area contributed by atoms with Gasteiger partial charge in [-0.1, -0.05) is 6.08 Å². The largest absolute Gasteiger partial charge is 0.493 e. The van der Waals surface area contributed by atoms with E-state index in [0.29, 0.717) is 48.2 Å². The molecule has 0 aliphatic carbocycles. The summed E-state index contributed by atoms with van der Waals surface area (Å²) in [5, 5.41) is 0. The van der Waals surface area contributed by atoms with E-state index in [9.17, 15) is 9.59 Å². The number of fused-ring (bicyclic) bond motifs is 1. The van der Waals surface area contributed by atoms with Crippen LogP contribution in [-0.2, 0) is 11.2 Å². The van der Waals surface area contributed by atoms with E-state index in [0.717, 1.165) is 12.0 Å². The Bertz CT molecular complexity index is 949. The Labute approximate surface area is 175 Å². The molecule has 1 aliphatic heterocycles. The van der Waals surface area contributed by atoms with Gasteiger partial charge >= 0.3 is 5.97 Å². The molecule has 0 unspecified atom stereocenters. The van der Waals surface area contributed by atoms with Crippen molar-refractivity contribution >= 4 is 11.8 Å². The summed E-state index contributed by atoms with van der Waals surface area (Å²) in [6.07, 6.45) is 2.95. The molecule has 0 amide bonds. The van der Waals surface area contributed by atoms with Crippen molar-refractivity contribution in [2.45, 2.75) is 12.8 Å². The van der Waals surface area contributed by atoms with Gasteiger partial charge in [0.2, 0.25) is 0 Å². The fourth-order valence-electron chi connectivity index (χ4n) is 3.10. The zero-order chi connectivity index (χ0) is 21.5. The summed E-state index contributed by atoms with van der Waals surface area (Å²) in [6, 6.07) is 8.08. The fourth-order valence-corrected chi connectivity index (χ4v) is 3.10. The number of carbonyl (C=O) groups is 2. The number of rotatable bonds is 8. The van der Waals surface area contributed by atoms with Crippen molar-refractivity contribution in [3.8, 4) is 23.0 Å². The highest BCUT2D eigenvalue weighted by Gasteiger charge is 2.19. The van der Waals surface area contributed by atoms with Crippen LogP contribution in [0, 0.1) is 0 Å². The van der Waals surface area contributed by atoms with Crippen molar-refractivity contribution in [3.05, 3.63) is 59.7 Å². The maximum atomic E-state index is 12.5. The quantitative estimate of drug-likeness (QED) is 0.372. The van der Waals surface area contributed by atoms with E-state index in [-0.39, 0.29) is 11.3 Å². The van der Waals surface area contributed by atoms with Crippen LogP contribution in [0.4, 0.5) is 0 Å². The van der Waals surface area contributed by atoms with Gasteiger partial charge in [-0.2, -0.15) is 0 Å². The minimum Gasteiger partial charge on any atom is -0.493 e. The summed E-state index contributed by atoms with van der Waals surface area (Å²) < 4.78 is 27.1. The molecule has 30 heavy (non-hydrogen) atoms. The molecule has 0 saturated heterocycles. The third-order valence-electron chi connectivity index (χ3n) is 4.56. The van der Waals surface area contributed by atoms with Crippen LogP contribution >= 0.6 is 0 Å². The van der Waals surface area contributed by atoms with Crippen LogP contribution in [0.2, 0.25) is 0 Å². The number of allylic oxidation sites excluding steroid dienone is 1. The van der Waals surface area contributed by atoms with Gasteiger partial charge in [0.1, 0.15) is 0 Å². The van der Waals surface area contributed by atoms with Crippen molar-refractivity contribution in [1.82, 2.24) is 0 Å². The number of ketones is 1. The lowest BCUT2D eigenvalue weighted by atomic mass is 10.1. The van der Waals surface area contributed by atoms with Crippen LogP contribution in [0.1, 0.15) is 32.7 Å². The Morgan fingerprint density at radius 3 is 2.50 bits per heavy atom. The number of esters is 1. The van der Waals surface area contributed by atoms with E-state index in [1.54, 1.807) is 30.3 Å². The van der Waals surface area contributed by atoms with E-state index in [4.69, 9.17) is 23.7 Å². The molecule has 7 heteroatoms. The van der Waals surface area contributed by atoms with Gasteiger partial charge in [0.05, 0.1) is 33.0 Å². The second-order valence-corrected chi connectivity index (χ2v) is 6.57. The van der Waals surface area contributed by atoms with Gasteiger partial charge in [-0.15, -0.1) is 6.58 Å². The predicted octanol–water partition coefficient (Wildman–Crippen LogP) is 3.63. The summed E-state index contributed by atoms with van der Waals surface area (Å²) >= 11 is 0. The Morgan fingerprint density at radius 1 is 1.03 bits per heavy atom. The van der Waals surface area contributed by atoms with Gasteiger partial charge in [0.25, 0.3) is 0 Å². The van der Waals surface area contributed by atoms with Gasteiger partial charge in [0.15, 0.2) is 35.4 Å². The van der Waals surface area contributed by atoms with E-state index in [1.807, 2.05) is 0 Å². The van der Waals surface area contributed by atoms with Gasteiger partial charge in [-0.3, -0.25) is 4.79 Å². The fraction of sp³-hybridized carbons (Fsp3) is 0.304. The molecular weight excluding hydrogens is 388 g/mol. The predicted molar refractivity (Wildman–Crippen MR) is 110 cm³/mol. The monoisotopic (exact) mass is 412 g/mol. The van der Waals surface area contributed by atoms with Crippen molar-refractivity contribution in [2.75, 3.05) is 34.0 Å². The average Bonchev–Trinajstić information content (AvgIpc) is 3.01. The van der Waals surface area contributed by atoms with Crippen LogP contribution in [0.15, 0.2) is 43.0 Å². The smallest absolute Gasteiger partial charge is 0.338 e. The Morgan fingerprint density at radius 2 is 1.80 bits per heavy atom. The van der Waals surface area contributed by atoms with Crippen molar-refractivity contribution < 1.29 is 33.3 Å². The molecule has 1 aliphatic rings. The molecule has 7 nitrogen and oxygen atoms in total. The zero-order valence-corrected chi connectivity index (χ0v) is 17.1. The lowest BCUT2D eigenvalue weighted by Gasteiger charge is -2.14. The number of Topliss-reactive ketones (excluding diaryl/α,β-unsaturated/α-hetero) is 1. The van der Waals surface area contributed by atoms with Crippen LogP contribution in [-0.4, -0.2) is 45.8 Å². The SMILES string of the molecule is C=CCc1cc(C(=O)OCC(=O)c2ccc3c(c2)OCCCO3)cc(OC)c1OC. The van der Waals surface area contributed by atoms with E-state index >= 15 is 0 Å². The first-order chi connectivity index (χ1) is 14.6. The molecule has 0 bridgehead atoms. The van der Waals surface area contributed by atoms with Crippen LogP contribution in [0.3, 0.4) is 0 Å². The molecule has 2 aromatic rings. The molecule has 0 N–H and O–H groups in total. The first-order valence-electron chi connectivity index (χ1n) is 9.53. The summed E-state index contributed by atoms with van der Waals surface area (Å²) in [5.41, 5.74) is 1.37. The van der Waals surface area contributed by atoms with E-state index in [2.05, 4.69) is 6.58 Å². The number of ether oxygens (including phenoxy) is 5. The standard InChI is InChI=1S/C23H24O7/c1-4-6-16-11-17(13-21(26-2)22(16)27-3)23(25)30-14-18(24)15-7-8-19-20(12-15)29-10-5-9-28-19/h4,7-8,11-13H,1,5-6,9-10,14H2,2-3H3. The maximum absolute atomic E-state index is 12.5. The summed E-state index contributed by atoms with van der Waals surface area (Å²) in [7, 11) is 3.01. The first-order valence-corrected chi connectivity index (χ1v) is 9.53. The summed E-state index contributed by atoms with van der Waals surface area (Å²) in [6.45, 7) is 4.40. The molecule has 0 fully saturated rings. The third kappa shape index (κ3) is 4.74. The van der Waals surface area contributed by atoms with Crippen molar-refractivity contribution in [2.24, 2.45) is 0 Å². The Balaban J connectivity index is 1.72. The minimum atomic E-state index is -0.635. The molecule has 3 rings (SSSR count). The maximum Gasteiger partial charge on any atom is 0.338 e. The molecule has 0 atom stereocenters. The number of hydrogen-bond acceptors (Lipinski definition) is 7. The van der Waals surface area contributed by atoms with Crippen LogP contribution in [0.5, 0.6) is 23.0 Å². The number of hydrogen-bond donors (Lipinski definition) is 0. The van der Waals surface area contributed by atoms with Crippen LogP contribution in [0.25, 0.3) is 0 Å². The zero-order valence-electron chi connectivity index (χ0n) is 17.1. The molecule has 2 aromatic carbocycles. The molecular formula is C23H24O7. The molecule has 0 radical (unpaired) electrons. The minimum absolute atomic E-state index is 0.260. The Hall–Kier alpha value is -3.48. The van der Waals surface area contributed by atoms with Crippen molar-refractivity contribution in [3.63, 3.8) is 0 Å². The number of carbonyl (C=O) groups excluding carboxylic acids is 2. The molecule has 0 saturated carbocycles. The highest BCUT2D eigenvalue weighted by Crippen LogP contribution is 2.34. The molecule has 1 heterocycles. The van der Waals surface area contributed by atoms with Gasteiger partial charge in [0, 0.05) is 17.5 Å². The molecule has 0 aromatic heterocycles. The third-order valence-corrected chi connectivity index (χ3v) is 4.56. The second-order valence-electron chi connectivity index (χ2n) is 6.57.